The van der Waals surface area contributed by atoms with E-state index in [0.717, 1.165) is 41.1 Å². The summed E-state index contributed by atoms with van der Waals surface area (Å²) in [6.45, 7) is 16.9. The summed E-state index contributed by atoms with van der Waals surface area (Å²) < 4.78 is 23.5. The van der Waals surface area contributed by atoms with E-state index < -0.39 is 47.3 Å². The van der Waals surface area contributed by atoms with Crippen LogP contribution >= 0.6 is 22.9 Å². The van der Waals surface area contributed by atoms with Crippen LogP contribution in [0.15, 0.2) is 84.9 Å². The first kappa shape index (κ1) is 57.9. The van der Waals surface area contributed by atoms with Crippen molar-refractivity contribution in [3.8, 4) is 33.4 Å². The summed E-state index contributed by atoms with van der Waals surface area (Å²) in [4.78, 5) is 79.3. The van der Waals surface area contributed by atoms with Crippen LogP contribution in [0, 0.1) is 35.4 Å². The van der Waals surface area contributed by atoms with Gasteiger partial charge in [-0.15, -0.1) is 11.3 Å². The number of hydrogen-bond donors (Lipinski definition) is 4. The van der Waals surface area contributed by atoms with Gasteiger partial charge in [0.1, 0.15) is 35.8 Å². The van der Waals surface area contributed by atoms with Crippen LogP contribution in [-0.4, -0.2) is 159 Å². The molecule has 0 spiro atoms. The molecule has 4 fully saturated rings. The highest BCUT2D eigenvalue weighted by Crippen LogP contribution is 2.43. The molecular weight excluding hydrogens is 1090 g/mol. The number of halogens is 2. The highest BCUT2D eigenvalue weighted by atomic mass is 35.5. The fourth-order valence-electron chi connectivity index (χ4n) is 11.9. The van der Waals surface area contributed by atoms with Gasteiger partial charge in [-0.25, -0.2) is 14.4 Å². The molecule has 4 aliphatic rings. The average Bonchev–Trinajstić information content (AvgIpc) is 2.98. The number of rotatable bonds is 16. The van der Waals surface area contributed by atoms with E-state index >= 15 is 4.39 Å². The largest absolute Gasteiger partial charge is 0.508 e. The maximum Gasteiger partial charge on any atom is 0.246 e. The molecule has 3 aliphatic heterocycles. The van der Waals surface area contributed by atoms with E-state index in [2.05, 4.69) is 33.2 Å². The SMILES string of the molecule is C=CC(=O)N1CCN(c2nc(N3CCN(CC4CC(OCC(=O)N[C@H](C(=O)N5C[C@H](O)C[C@H]5C(=O)N[C@@H](C)c5ccc(-c6scnc6C)cc5)C(C)(C)C)C4)CC3)nc3c(F)c(-c4cc(O)cc5ccccc45)c(Cl)cc23)C[C@@H]1CC#N. The Morgan fingerprint density at radius 2 is 1.68 bits per heavy atom. The first-order valence-corrected chi connectivity index (χ1v) is 29.2. The normalized spacial score (nSPS) is 21.2. The van der Waals surface area contributed by atoms with Crippen molar-refractivity contribution < 1.29 is 38.5 Å². The summed E-state index contributed by atoms with van der Waals surface area (Å²) in [6.07, 6.45) is 1.85. The second-order valence-corrected chi connectivity index (χ2v) is 24.4. The number of amides is 4. The Balaban J connectivity index is 0.754. The maximum atomic E-state index is 17.4. The fraction of sp³-hybridized carbons (Fsp3) is 0.443. The molecule has 4 amide bonds. The van der Waals surface area contributed by atoms with Crippen molar-refractivity contribution in [2.24, 2.45) is 11.3 Å². The van der Waals surface area contributed by atoms with Crippen molar-refractivity contribution in [3.05, 3.63) is 107 Å². The zero-order valence-electron chi connectivity index (χ0n) is 46.8. The van der Waals surface area contributed by atoms with Gasteiger partial charge in [0.05, 0.1) is 57.9 Å². The minimum atomic E-state index is -0.990. The predicted molar refractivity (Wildman–Crippen MR) is 315 cm³/mol. The lowest BCUT2D eigenvalue weighted by Crippen LogP contribution is -2.58. The number of phenolic OH excluding ortho intramolecular Hbond substituents is 1. The number of nitrogens with zero attached hydrogens (tertiary/aromatic N) is 9. The van der Waals surface area contributed by atoms with Crippen LogP contribution in [0.3, 0.4) is 0 Å². The summed E-state index contributed by atoms with van der Waals surface area (Å²) in [5, 5.41) is 39.1. The molecule has 21 heteroatoms. The Bertz CT molecular complexity index is 3450. The van der Waals surface area contributed by atoms with Crippen molar-refractivity contribution in [3.63, 3.8) is 0 Å². The van der Waals surface area contributed by atoms with Crippen LogP contribution in [0.2, 0.25) is 5.02 Å². The molecule has 3 saturated heterocycles. The number of thiazole rings is 1. The van der Waals surface area contributed by atoms with Crippen molar-refractivity contribution >= 4 is 80.0 Å². The van der Waals surface area contributed by atoms with Gasteiger partial charge in [0, 0.05) is 76.3 Å². The topological polar surface area (TPSA) is 221 Å². The molecule has 4 N–H and O–H groups in total. The Morgan fingerprint density at radius 3 is 2.38 bits per heavy atom. The smallest absolute Gasteiger partial charge is 0.246 e. The number of piperazine rings is 2. The van der Waals surface area contributed by atoms with Crippen molar-refractivity contribution in [1.82, 2.24) is 40.3 Å². The maximum absolute atomic E-state index is 17.4. The highest BCUT2D eigenvalue weighted by molar-refractivity contribution is 7.13. The second-order valence-electron chi connectivity index (χ2n) is 23.1. The Hall–Kier alpha value is -7.28. The van der Waals surface area contributed by atoms with Crippen LogP contribution in [0.4, 0.5) is 16.2 Å². The number of benzene rings is 4. The molecule has 10 rings (SSSR count). The van der Waals surface area contributed by atoms with Crippen LogP contribution in [0.1, 0.15) is 70.7 Å². The van der Waals surface area contributed by atoms with E-state index in [1.54, 1.807) is 28.4 Å². The Labute approximate surface area is 485 Å². The summed E-state index contributed by atoms with van der Waals surface area (Å²) in [6, 6.07) is 19.5. The van der Waals surface area contributed by atoms with Crippen LogP contribution in [0.5, 0.6) is 5.75 Å². The summed E-state index contributed by atoms with van der Waals surface area (Å²) in [7, 11) is 0. The number of β-amino-alcohol motifs (C(OH)–C–C–N with tert-alkyl or cyclic N) is 1. The van der Waals surface area contributed by atoms with E-state index in [0.29, 0.717) is 78.7 Å². The zero-order chi connectivity index (χ0) is 58.1. The van der Waals surface area contributed by atoms with Crippen molar-refractivity contribution in [2.75, 3.05) is 75.3 Å². The number of ether oxygens (including phenoxy) is 1. The molecule has 82 heavy (non-hydrogen) atoms. The zero-order valence-corrected chi connectivity index (χ0v) is 48.4. The fourth-order valence-corrected chi connectivity index (χ4v) is 13.0. The number of anilines is 2. The lowest BCUT2D eigenvalue weighted by atomic mass is 9.81. The van der Waals surface area contributed by atoms with E-state index in [1.165, 1.54) is 17.0 Å². The number of likely N-dealkylation sites (tertiary alicyclic amines) is 1. The van der Waals surface area contributed by atoms with E-state index in [9.17, 15) is 34.7 Å². The second kappa shape index (κ2) is 24.3. The van der Waals surface area contributed by atoms with Gasteiger partial charge < -0.3 is 45.2 Å². The number of nitriles is 1. The molecule has 4 aromatic carbocycles. The molecule has 0 bridgehead atoms. The van der Waals surface area contributed by atoms with Crippen LogP contribution < -0.4 is 20.4 Å². The Morgan fingerprint density at radius 1 is 0.951 bits per heavy atom. The predicted octanol–water partition coefficient (Wildman–Crippen LogP) is 7.78. The molecule has 6 aromatic rings. The van der Waals surface area contributed by atoms with Gasteiger partial charge in [-0.1, -0.05) is 87.5 Å². The average molecular weight is 1150 g/mol. The van der Waals surface area contributed by atoms with Gasteiger partial charge in [-0.05, 0) is 89.8 Å². The molecule has 430 valence electrons. The number of aliphatic hydroxyl groups is 1. The minimum absolute atomic E-state index is 0.0360. The number of aromatic hydroxyl groups is 1. The third-order valence-electron chi connectivity index (χ3n) is 16.4. The van der Waals surface area contributed by atoms with Crippen molar-refractivity contribution in [1.29, 1.82) is 5.26 Å². The van der Waals surface area contributed by atoms with Gasteiger partial charge in [0.25, 0.3) is 0 Å². The molecule has 0 unspecified atom stereocenters. The third-order valence-corrected chi connectivity index (χ3v) is 17.7. The molecule has 5 atom stereocenters. The van der Waals surface area contributed by atoms with Gasteiger partial charge in [0.15, 0.2) is 5.82 Å². The van der Waals surface area contributed by atoms with Gasteiger partial charge in [-0.3, -0.25) is 24.1 Å². The molecule has 18 nitrogen and oxygen atoms in total. The number of aliphatic hydroxyl groups excluding tert-OH is 1. The molecule has 1 saturated carbocycles. The third kappa shape index (κ3) is 12.3. The first-order valence-electron chi connectivity index (χ1n) is 27.9. The number of aromatic nitrogens is 3. The van der Waals surface area contributed by atoms with Gasteiger partial charge in [0.2, 0.25) is 29.6 Å². The van der Waals surface area contributed by atoms with Crippen LogP contribution in [-0.2, 0) is 23.9 Å². The number of carbonyl (C=O) groups excluding carboxylic acids is 4. The van der Waals surface area contributed by atoms with E-state index in [4.69, 9.17) is 26.3 Å². The first-order chi connectivity index (χ1) is 39.3. The summed E-state index contributed by atoms with van der Waals surface area (Å²) in [5.74, 6) is -1.17. The van der Waals surface area contributed by atoms with Crippen LogP contribution in [0.25, 0.3) is 43.2 Å². The molecule has 5 heterocycles. The van der Waals surface area contributed by atoms with Gasteiger partial charge >= 0.3 is 0 Å². The van der Waals surface area contributed by atoms with E-state index in [1.807, 2.05) is 98.5 Å². The summed E-state index contributed by atoms with van der Waals surface area (Å²) >= 11 is 8.58. The number of carbonyl (C=O) groups is 4. The monoisotopic (exact) mass is 1150 g/mol. The molecular formula is C61H69ClFN11O7S. The molecule has 1 aliphatic carbocycles. The molecule has 0 radical (unpaired) electrons. The quantitative estimate of drug-likeness (QED) is 0.0680. The highest BCUT2D eigenvalue weighted by Gasteiger charge is 2.45. The Kier molecular flexibility index (Phi) is 17.2. The standard InChI is InChI=1S/C61H69ClFN11O7S/c1-7-51(78)73-23-22-72(31-41(73)16-17-64)57-47-29-48(62)52(46-27-42(75)26-40-10-8-9-11-45(40)46)53(63)54(47)68-60(69-57)71-20-18-70(19-21-71)30-37-24-44(25-37)81-33-50(77)67-56(61(4,5)6)59(80)74-32-43(76)28-49(74)58(79)66-35(2)38-12-14-39(15-13-38)55-36(3)65-34-82-55/h7-15,26-27,29,34-35,37,41,43-44,49,56,75-76H,1,16,18-25,28,30-33H2,2-6H3,(H,66,79)(H,67,77)/t35-,37?,41-,43+,44?,49-,56+/m0/s1. The van der Waals surface area contributed by atoms with Gasteiger partial charge in [-0.2, -0.15) is 10.2 Å². The number of phenols is 1. The number of aryl methyl sites for hydroxylation is 1. The summed E-state index contributed by atoms with van der Waals surface area (Å²) in [5.41, 5.74) is 4.52. The lowest BCUT2D eigenvalue weighted by molar-refractivity contribution is -0.145. The van der Waals surface area contributed by atoms with E-state index in [-0.39, 0.29) is 78.4 Å². The van der Waals surface area contributed by atoms with Crippen molar-refractivity contribution in [2.45, 2.75) is 96.7 Å². The lowest BCUT2D eigenvalue weighted by Gasteiger charge is -2.42. The number of fused-ring (bicyclic) bond motifs is 2. The number of nitrogens with one attached hydrogen (secondary N) is 2. The number of hydrogen-bond acceptors (Lipinski definition) is 15. The molecule has 2 aromatic heterocycles. The minimum Gasteiger partial charge on any atom is -0.508 e.